The van der Waals surface area contributed by atoms with Gasteiger partial charge < -0.3 is 9.64 Å². The molecule has 0 aromatic heterocycles. The smallest absolute Gasteiger partial charge is 0.228 e. The molecule has 1 heterocycles. The van der Waals surface area contributed by atoms with E-state index in [9.17, 15) is 4.79 Å². The molecule has 0 aromatic carbocycles. The van der Waals surface area contributed by atoms with Crippen molar-refractivity contribution in [3.8, 4) is 0 Å². The van der Waals surface area contributed by atoms with Crippen LogP contribution < -0.4 is 0 Å². The highest BCUT2D eigenvalue weighted by Crippen LogP contribution is 2.47. The summed E-state index contributed by atoms with van der Waals surface area (Å²) < 4.78 is 5.53. The minimum Gasteiger partial charge on any atom is -0.373 e. The van der Waals surface area contributed by atoms with Gasteiger partial charge in [0.1, 0.15) is 0 Å². The van der Waals surface area contributed by atoms with Crippen molar-refractivity contribution in [3.63, 3.8) is 0 Å². The Kier molecular flexibility index (Phi) is 2.95. The average Bonchev–Trinajstić information content (AvgIpc) is 2.98. The van der Waals surface area contributed by atoms with E-state index < -0.39 is 0 Å². The van der Waals surface area contributed by atoms with E-state index >= 15 is 0 Å². The molecule has 2 fully saturated rings. The second kappa shape index (κ2) is 3.95. The zero-order chi connectivity index (χ0) is 11.1. The minimum atomic E-state index is -0.0809. The summed E-state index contributed by atoms with van der Waals surface area (Å²) in [6.45, 7) is 5.35. The summed E-state index contributed by atoms with van der Waals surface area (Å²) in [6.07, 6.45) is 2.07. The highest BCUT2D eigenvalue weighted by atomic mass is 35.5. The van der Waals surface area contributed by atoms with Gasteiger partial charge in [-0.05, 0) is 19.8 Å². The number of halogens is 1. The van der Waals surface area contributed by atoms with Crippen molar-refractivity contribution in [2.45, 2.75) is 38.8 Å². The molecule has 0 bridgehead atoms. The van der Waals surface area contributed by atoms with E-state index in [1.54, 1.807) is 0 Å². The number of carbonyl (C=O) groups excluding carboxylic acids is 1. The molecular weight excluding hydrogens is 214 g/mol. The molecule has 1 aliphatic carbocycles. The van der Waals surface area contributed by atoms with Gasteiger partial charge in [-0.15, -0.1) is 11.6 Å². The Morgan fingerprint density at radius 2 is 2.27 bits per heavy atom. The van der Waals surface area contributed by atoms with E-state index in [1.165, 1.54) is 0 Å². The van der Waals surface area contributed by atoms with Crippen molar-refractivity contribution in [3.05, 3.63) is 0 Å². The third-order valence-corrected chi connectivity index (χ3v) is 3.80. The van der Waals surface area contributed by atoms with Crippen molar-refractivity contribution in [1.82, 2.24) is 4.90 Å². The minimum absolute atomic E-state index is 0.00849. The fourth-order valence-electron chi connectivity index (χ4n) is 1.94. The lowest BCUT2D eigenvalue weighted by atomic mass is 10.1. The van der Waals surface area contributed by atoms with Gasteiger partial charge in [-0.1, -0.05) is 6.92 Å². The second-order valence-corrected chi connectivity index (χ2v) is 5.29. The van der Waals surface area contributed by atoms with Crippen molar-refractivity contribution >= 4 is 17.5 Å². The Morgan fingerprint density at radius 1 is 1.60 bits per heavy atom. The molecule has 86 valence electrons. The number of morpholine rings is 1. The first-order valence-electron chi connectivity index (χ1n) is 5.55. The Hall–Kier alpha value is -0.280. The summed E-state index contributed by atoms with van der Waals surface area (Å²) in [6, 6.07) is 0.189. The molecule has 1 aliphatic heterocycles. The van der Waals surface area contributed by atoms with Gasteiger partial charge in [-0.25, -0.2) is 0 Å². The summed E-state index contributed by atoms with van der Waals surface area (Å²) in [4.78, 5) is 14.1. The van der Waals surface area contributed by atoms with Crippen LogP contribution in [0.25, 0.3) is 0 Å². The number of hydrogen-bond acceptors (Lipinski definition) is 2. The van der Waals surface area contributed by atoms with Crippen molar-refractivity contribution < 1.29 is 9.53 Å². The van der Waals surface area contributed by atoms with Crippen molar-refractivity contribution in [2.24, 2.45) is 5.41 Å². The molecule has 3 nitrogen and oxygen atoms in total. The van der Waals surface area contributed by atoms with Crippen molar-refractivity contribution in [1.29, 1.82) is 0 Å². The molecule has 1 saturated heterocycles. The molecule has 0 spiro atoms. The van der Waals surface area contributed by atoms with Crippen LogP contribution in [-0.2, 0) is 9.53 Å². The number of alkyl halides is 1. The quantitative estimate of drug-likeness (QED) is 0.677. The fourth-order valence-corrected chi connectivity index (χ4v) is 2.13. The maximum Gasteiger partial charge on any atom is 0.228 e. The number of hydrogen-bond donors (Lipinski definition) is 0. The van der Waals surface area contributed by atoms with Crippen LogP contribution in [0.4, 0.5) is 0 Å². The first-order chi connectivity index (χ1) is 7.07. The van der Waals surface area contributed by atoms with Crippen LogP contribution in [-0.4, -0.2) is 42.0 Å². The Balaban J connectivity index is 2.02. The van der Waals surface area contributed by atoms with Crippen LogP contribution in [0, 0.1) is 5.41 Å². The number of carbonyl (C=O) groups is 1. The molecule has 0 aromatic rings. The van der Waals surface area contributed by atoms with E-state index in [1.807, 2.05) is 18.7 Å². The fraction of sp³-hybridized carbons (Fsp3) is 0.909. The van der Waals surface area contributed by atoms with E-state index in [2.05, 4.69) is 0 Å². The summed E-state index contributed by atoms with van der Waals surface area (Å²) in [7, 11) is 0. The highest BCUT2D eigenvalue weighted by Gasteiger charge is 2.48. The van der Waals surface area contributed by atoms with Gasteiger partial charge in [0.15, 0.2) is 0 Å². The highest BCUT2D eigenvalue weighted by molar-refractivity contribution is 6.18. The standard InChI is InChI=1S/C11H18ClNO2/c1-8-7-15-9(5-12)6-13(8)10(14)11(2)3-4-11/h8-9H,3-7H2,1-2H3. The lowest BCUT2D eigenvalue weighted by Crippen LogP contribution is -2.53. The van der Waals surface area contributed by atoms with E-state index in [-0.39, 0.29) is 23.5 Å². The molecule has 0 radical (unpaired) electrons. The predicted molar refractivity (Wildman–Crippen MR) is 59.0 cm³/mol. The molecule has 2 aliphatic rings. The third-order valence-electron chi connectivity index (χ3n) is 3.45. The molecule has 15 heavy (non-hydrogen) atoms. The van der Waals surface area contributed by atoms with Crippen LogP contribution in [0.3, 0.4) is 0 Å². The number of rotatable bonds is 2. The van der Waals surface area contributed by atoms with Gasteiger partial charge in [0.2, 0.25) is 5.91 Å². The van der Waals surface area contributed by atoms with Crippen molar-refractivity contribution in [2.75, 3.05) is 19.0 Å². The third kappa shape index (κ3) is 2.13. The Labute approximate surface area is 95.7 Å². The van der Waals surface area contributed by atoms with Crippen LogP contribution in [0.5, 0.6) is 0 Å². The molecule has 0 N–H and O–H groups in total. The van der Waals surface area contributed by atoms with Crippen LogP contribution in [0.15, 0.2) is 0 Å². The summed E-state index contributed by atoms with van der Waals surface area (Å²) >= 11 is 5.76. The molecule has 2 rings (SSSR count). The molecule has 2 unspecified atom stereocenters. The average molecular weight is 232 g/mol. The predicted octanol–water partition coefficient (Wildman–Crippen LogP) is 1.64. The zero-order valence-corrected chi connectivity index (χ0v) is 10.1. The largest absolute Gasteiger partial charge is 0.373 e. The molecule has 4 heteroatoms. The maximum atomic E-state index is 12.2. The SMILES string of the molecule is CC1COC(CCl)CN1C(=O)C1(C)CC1. The first kappa shape index (κ1) is 11.2. The van der Waals surface area contributed by atoms with Gasteiger partial charge in [0.25, 0.3) is 0 Å². The topological polar surface area (TPSA) is 29.5 Å². The number of amides is 1. The molecule has 1 saturated carbocycles. The van der Waals surface area contributed by atoms with Gasteiger partial charge in [0, 0.05) is 12.0 Å². The van der Waals surface area contributed by atoms with Gasteiger partial charge >= 0.3 is 0 Å². The van der Waals surface area contributed by atoms with Crippen LogP contribution >= 0.6 is 11.6 Å². The van der Waals surface area contributed by atoms with Crippen LogP contribution in [0.1, 0.15) is 26.7 Å². The van der Waals surface area contributed by atoms with Gasteiger partial charge in [0.05, 0.1) is 24.6 Å². The van der Waals surface area contributed by atoms with E-state index in [0.29, 0.717) is 19.0 Å². The van der Waals surface area contributed by atoms with Gasteiger partial charge in [-0.2, -0.15) is 0 Å². The number of nitrogens with zero attached hydrogens (tertiary/aromatic N) is 1. The summed E-state index contributed by atoms with van der Waals surface area (Å²) in [5.74, 6) is 0.751. The molecular formula is C11H18ClNO2. The zero-order valence-electron chi connectivity index (χ0n) is 9.33. The Morgan fingerprint density at radius 3 is 2.80 bits per heavy atom. The second-order valence-electron chi connectivity index (χ2n) is 4.98. The van der Waals surface area contributed by atoms with E-state index in [0.717, 1.165) is 12.8 Å². The Bertz CT molecular complexity index is 265. The molecule has 1 amide bonds. The normalized spacial score (nSPS) is 33.9. The lowest BCUT2D eigenvalue weighted by Gasteiger charge is -2.38. The monoisotopic (exact) mass is 231 g/mol. The van der Waals surface area contributed by atoms with Crippen LogP contribution in [0.2, 0.25) is 0 Å². The maximum absolute atomic E-state index is 12.2. The first-order valence-corrected chi connectivity index (χ1v) is 6.09. The molecule has 2 atom stereocenters. The lowest BCUT2D eigenvalue weighted by molar-refractivity contribution is -0.148. The summed E-state index contributed by atoms with van der Waals surface area (Å²) in [5.41, 5.74) is -0.0809. The number of ether oxygens (including phenoxy) is 1. The van der Waals surface area contributed by atoms with Gasteiger partial charge in [-0.3, -0.25) is 4.79 Å². The summed E-state index contributed by atoms with van der Waals surface area (Å²) in [5, 5.41) is 0. The van der Waals surface area contributed by atoms with E-state index in [4.69, 9.17) is 16.3 Å².